The van der Waals surface area contributed by atoms with Crippen LogP contribution in [0.15, 0.2) is 36.4 Å². The van der Waals surface area contributed by atoms with E-state index in [9.17, 15) is 4.79 Å². The number of benzene rings is 2. The first kappa shape index (κ1) is 21.3. The Morgan fingerprint density at radius 1 is 1.00 bits per heavy atom. The number of ether oxygens (including phenoxy) is 3. The molecule has 34 heavy (non-hydrogen) atoms. The van der Waals surface area contributed by atoms with Crippen molar-refractivity contribution in [1.29, 1.82) is 0 Å². The highest BCUT2D eigenvalue weighted by Crippen LogP contribution is 2.33. The predicted octanol–water partition coefficient (Wildman–Crippen LogP) is 2.61. The monoisotopic (exact) mass is 462 g/mol. The molecule has 1 amide bonds. The number of hydrogen-bond acceptors (Lipinski definition) is 6. The van der Waals surface area contributed by atoms with Gasteiger partial charge in [-0.2, -0.15) is 0 Å². The van der Waals surface area contributed by atoms with Gasteiger partial charge in [-0.25, -0.2) is 0 Å². The number of rotatable bonds is 5. The van der Waals surface area contributed by atoms with Gasteiger partial charge in [-0.1, -0.05) is 6.07 Å². The number of nitrogens with zero attached hydrogens (tertiary/aromatic N) is 3. The van der Waals surface area contributed by atoms with Crippen molar-refractivity contribution < 1.29 is 19.0 Å². The fourth-order valence-corrected chi connectivity index (χ4v) is 5.23. The SMILES string of the molecule is COc1ccc2[nH]c3c(c2c1)CN(C(=O)CN1CCN(Cc2ccc4c(c2)OCO4)CC1)CC3. The maximum atomic E-state index is 13.1. The van der Waals surface area contributed by atoms with Crippen LogP contribution in [0.3, 0.4) is 0 Å². The molecule has 0 aliphatic carbocycles. The summed E-state index contributed by atoms with van der Waals surface area (Å²) in [6.45, 7) is 6.81. The first-order valence-electron chi connectivity index (χ1n) is 11.9. The summed E-state index contributed by atoms with van der Waals surface area (Å²) in [4.78, 5) is 23.4. The average molecular weight is 463 g/mol. The summed E-state index contributed by atoms with van der Waals surface area (Å²) >= 11 is 0. The number of aromatic nitrogens is 1. The zero-order chi connectivity index (χ0) is 23.1. The van der Waals surface area contributed by atoms with E-state index < -0.39 is 0 Å². The molecule has 8 heteroatoms. The number of amides is 1. The maximum absolute atomic E-state index is 13.1. The van der Waals surface area contributed by atoms with E-state index in [-0.39, 0.29) is 5.91 Å². The molecule has 0 unspecified atom stereocenters. The minimum Gasteiger partial charge on any atom is -0.497 e. The Labute approximate surface area is 199 Å². The molecule has 8 nitrogen and oxygen atoms in total. The standard InChI is InChI=1S/C26H30N4O4/c1-32-19-3-4-22-20(13-19)21-15-30(7-6-23(21)27-22)26(31)16-29-10-8-28(9-11-29)14-18-2-5-24-25(12-18)34-17-33-24/h2-5,12-13,27H,6-11,14-17H2,1H3. The minimum absolute atomic E-state index is 0.215. The molecule has 0 radical (unpaired) electrons. The van der Waals surface area contributed by atoms with Gasteiger partial charge in [0.25, 0.3) is 0 Å². The van der Waals surface area contributed by atoms with E-state index in [1.165, 1.54) is 16.8 Å². The van der Waals surface area contributed by atoms with Crippen LogP contribution in [0.5, 0.6) is 17.2 Å². The summed E-state index contributed by atoms with van der Waals surface area (Å²) in [5.41, 5.74) is 4.80. The lowest BCUT2D eigenvalue weighted by molar-refractivity contribution is -0.133. The number of carbonyl (C=O) groups is 1. The molecule has 0 atom stereocenters. The van der Waals surface area contributed by atoms with Crippen molar-refractivity contribution in [1.82, 2.24) is 19.7 Å². The second kappa shape index (κ2) is 8.85. The molecule has 6 rings (SSSR count). The summed E-state index contributed by atoms with van der Waals surface area (Å²) in [7, 11) is 1.69. The Kier molecular flexibility index (Phi) is 5.55. The van der Waals surface area contributed by atoms with Crippen LogP contribution in [0.1, 0.15) is 16.8 Å². The predicted molar refractivity (Wildman–Crippen MR) is 128 cm³/mol. The molecule has 3 aliphatic heterocycles. The lowest BCUT2D eigenvalue weighted by Gasteiger charge is -2.36. The molecule has 3 aromatic rings. The van der Waals surface area contributed by atoms with Crippen molar-refractivity contribution in [2.24, 2.45) is 0 Å². The van der Waals surface area contributed by atoms with Gasteiger partial charge in [0.1, 0.15) is 5.75 Å². The minimum atomic E-state index is 0.215. The van der Waals surface area contributed by atoms with Crippen LogP contribution in [0.25, 0.3) is 10.9 Å². The van der Waals surface area contributed by atoms with E-state index in [1.807, 2.05) is 17.0 Å². The molecule has 0 spiro atoms. The fraction of sp³-hybridized carbons (Fsp3) is 0.423. The lowest BCUT2D eigenvalue weighted by atomic mass is 10.0. The molecule has 0 saturated carbocycles. The van der Waals surface area contributed by atoms with Gasteiger partial charge in [0, 0.05) is 74.4 Å². The largest absolute Gasteiger partial charge is 0.497 e. The normalized spacial score (nSPS) is 18.3. The van der Waals surface area contributed by atoms with E-state index in [1.54, 1.807) is 7.11 Å². The van der Waals surface area contributed by atoms with Crippen LogP contribution in [0, 0.1) is 0 Å². The lowest BCUT2D eigenvalue weighted by Crippen LogP contribution is -2.50. The number of piperazine rings is 1. The van der Waals surface area contributed by atoms with E-state index in [4.69, 9.17) is 14.2 Å². The van der Waals surface area contributed by atoms with Gasteiger partial charge >= 0.3 is 0 Å². The number of carbonyl (C=O) groups excluding carboxylic acids is 1. The van der Waals surface area contributed by atoms with E-state index in [0.29, 0.717) is 19.9 Å². The van der Waals surface area contributed by atoms with Crippen molar-refractivity contribution >= 4 is 16.8 Å². The average Bonchev–Trinajstić information content (AvgIpc) is 3.48. The number of aromatic amines is 1. The molecular weight excluding hydrogens is 432 g/mol. The third-order valence-electron chi connectivity index (χ3n) is 7.20. The van der Waals surface area contributed by atoms with Gasteiger partial charge in [0.2, 0.25) is 12.7 Å². The third-order valence-corrected chi connectivity index (χ3v) is 7.20. The molecule has 1 N–H and O–H groups in total. The molecule has 1 saturated heterocycles. The van der Waals surface area contributed by atoms with Gasteiger partial charge in [-0.15, -0.1) is 0 Å². The van der Waals surface area contributed by atoms with E-state index in [0.717, 1.165) is 73.8 Å². The molecule has 2 aromatic carbocycles. The quantitative estimate of drug-likeness (QED) is 0.629. The fourth-order valence-electron chi connectivity index (χ4n) is 5.23. The highest BCUT2D eigenvalue weighted by Gasteiger charge is 2.27. The van der Waals surface area contributed by atoms with Gasteiger partial charge in [-0.05, 0) is 35.9 Å². The Morgan fingerprint density at radius 2 is 1.82 bits per heavy atom. The van der Waals surface area contributed by atoms with Crippen LogP contribution in [-0.2, 0) is 24.3 Å². The zero-order valence-corrected chi connectivity index (χ0v) is 19.5. The van der Waals surface area contributed by atoms with E-state index in [2.05, 4.69) is 39.0 Å². The van der Waals surface area contributed by atoms with Crippen LogP contribution in [-0.4, -0.2) is 78.8 Å². The first-order chi connectivity index (χ1) is 16.7. The Balaban J connectivity index is 1.04. The van der Waals surface area contributed by atoms with E-state index >= 15 is 0 Å². The molecule has 3 aliphatic rings. The number of hydrogen-bond donors (Lipinski definition) is 1. The van der Waals surface area contributed by atoms with Crippen molar-refractivity contribution in [3.63, 3.8) is 0 Å². The van der Waals surface area contributed by atoms with Crippen LogP contribution < -0.4 is 14.2 Å². The van der Waals surface area contributed by atoms with Crippen LogP contribution in [0.2, 0.25) is 0 Å². The topological polar surface area (TPSA) is 70.3 Å². The summed E-state index contributed by atoms with van der Waals surface area (Å²) in [6.07, 6.45) is 0.862. The molecule has 1 aromatic heterocycles. The van der Waals surface area contributed by atoms with Crippen LogP contribution >= 0.6 is 0 Å². The molecule has 178 valence electrons. The summed E-state index contributed by atoms with van der Waals surface area (Å²) in [6, 6.07) is 12.3. The zero-order valence-electron chi connectivity index (χ0n) is 19.5. The second-order valence-electron chi connectivity index (χ2n) is 9.30. The Hall–Kier alpha value is -3.23. The molecule has 1 fully saturated rings. The van der Waals surface area contributed by atoms with Crippen molar-refractivity contribution in [2.75, 3.05) is 53.2 Å². The summed E-state index contributed by atoms with van der Waals surface area (Å²) in [5, 5.41) is 1.16. The number of nitrogens with one attached hydrogen (secondary N) is 1. The number of fused-ring (bicyclic) bond motifs is 4. The van der Waals surface area contributed by atoms with Crippen molar-refractivity contribution in [3.8, 4) is 17.2 Å². The Bertz CT molecular complexity index is 1210. The first-order valence-corrected chi connectivity index (χ1v) is 11.9. The molecular formula is C26H30N4O4. The summed E-state index contributed by atoms with van der Waals surface area (Å²) < 4.78 is 16.3. The molecule has 4 heterocycles. The van der Waals surface area contributed by atoms with Gasteiger partial charge in [-0.3, -0.25) is 14.6 Å². The third kappa shape index (κ3) is 4.08. The van der Waals surface area contributed by atoms with Crippen molar-refractivity contribution in [2.45, 2.75) is 19.5 Å². The molecule has 0 bridgehead atoms. The second-order valence-corrected chi connectivity index (χ2v) is 9.30. The van der Waals surface area contributed by atoms with Gasteiger partial charge < -0.3 is 24.1 Å². The number of H-pyrrole nitrogens is 1. The van der Waals surface area contributed by atoms with Gasteiger partial charge in [0.15, 0.2) is 11.5 Å². The number of methoxy groups -OCH3 is 1. The van der Waals surface area contributed by atoms with Gasteiger partial charge in [0.05, 0.1) is 13.7 Å². The highest BCUT2D eigenvalue weighted by molar-refractivity contribution is 5.87. The van der Waals surface area contributed by atoms with Crippen LogP contribution in [0.4, 0.5) is 0 Å². The maximum Gasteiger partial charge on any atom is 0.237 e. The highest BCUT2D eigenvalue weighted by atomic mass is 16.7. The summed E-state index contributed by atoms with van der Waals surface area (Å²) in [5.74, 6) is 2.72. The van der Waals surface area contributed by atoms with Crippen molar-refractivity contribution in [3.05, 3.63) is 53.2 Å². The Morgan fingerprint density at radius 3 is 2.68 bits per heavy atom. The smallest absolute Gasteiger partial charge is 0.237 e.